The molecule has 0 radical (unpaired) electrons. The lowest BCUT2D eigenvalue weighted by Gasteiger charge is -2.23. The van der Waals surface area contributed by atoms with Crippen LogP contribution in [0.25, 0.3) is 0 Å². The Morgan fingerprint density at radius 3 is 2.68 bits per heavy atom. The third-order valence-electron chi connectivity index (χ3n) is 4.64. The van der Waals surface area contributed by atoms with Crippen molar-refractivity contribution in [2.24, 2.45) is 0 Å². The Bertz CT molecular complexity index is 1100. The molecule has 10 heteroatoms. The topological polar surface area (TPSA) is 112 Å². The molecule has 152 valence electrons. The Balaban J connectivity index is 2.01. The van der Waals surface area contributed by atoms with Crippen molar-refractivity contribution in [3.05, 3.63) is 41.6 Å². The molecule has 0 amide bonds. The molecule has 1 aliphatic rings. The normalized spacial score (nSPS) is 18.4. The molecule has 0 N–H and O–H groups in total. The number of aromatic nitrogens is 2. The van der Waals surface area contributed by atoms with Gasteiger partial charge in [0, 0.05) is 6.54 Å². The van der Waals surface area contributed by atoms with Crippen LogP contribution in [0.2, 0.25) is 0 Å². The zero-order valence-electron chi connectivity index (χ0n) is 15.7. The van der Waals surface area contributed by atoms with Crippen LogP contribution in [0.4, 0.5) is 0 Å². The van der Waals surface area contributed by atoms with Crippen LogP contribution in [0.5, 0.6) is 5.88 Å². The van der Waals surface area contributed by atoms with Gasteiger partial charge in [0.1, 0.15) is 10.8 Å². The van der Waals surface area contributed by atoms with E-state index in [9.17, 15) is 21.6 Å². The van der Waals surface area contributed by atoms with Crippen LogP contribution < -0.4 is 4.18 Å². The summed E-state index contributed by atoms with van der Waals surface area (Å²) >= 11 is 0. The molecule has 3 rings (SSSR count). The monoisotopic (exact) mass is 426 g/mol. The molecular weight excluding hydrogens is 404 g/mol. The van der Waals surface area contributed by atoms with E-state index < -0.39 is 31.0 Å². The minimum absolute atomic E-state index is 0.122. The summed E-state index contributed by atoms with van der Waals surface area (Å²) in [6, 6.07) is 6.59. The van der Waals surface area contributed by atoms with Crippen molar-refractivity contribution in [2.75, 3.05) is 5.75 Å². The second-order valence-electron chi connectivity index (χ2n) is 6.57. The minimum atomic E-state index is -3.91. The summed E-state index contributed by atoms with van der Waals surface area (Å²) in [5, 5.41) is 2.70. The molecule has 2 aromatic rings. The third kappa shape index (κ3) is 3.70. The molecule has 2 heterocycles. The quantitative estimate of drug-likeness (QED) is 0.491. The van der Waals surface area contributed by atoms with E-state index in [1.54, 1.807) is 32.0 Å². The van der Waals surface area contributed by atoms with Crippen LogP contribution in [0, 0.1) is 0 Å². The van der Waals surface area contributed by atoms with Crippen molar-refractivity contribution in [1.29, 1.82) is 0 Å². The second kappa shape index (κ2) is 7.67. The molecule has 1 aliphatic heterocycles. The van der Waals surface area contributed by atoms with Gasteiger partial charge >= 0.3 is 10.1 Å². The Morgan fingerprint density at radius 2 is 2.00 bits per heavy atom. The lowest BCUT2D eigenvalue weighted by Crippen LogP contribution is -2.35. The van der Waals surface area contributed by atoms with Gasteiger partial charge in [0.15, 0.2) is 15.6 Å². The highest BCUT2D eigenvalue weighted by atomic mass is 32.2. The van der Waals surface area contributed by atoms with Gasteiger partial charge < -0.3 is 4.18 Å². The molecule has 8 nitrogen and oxygen atoms in total. The van der Waals surface area contributed by atoms with E-state index in [0.717, 1.165) is 0 Å². The number of ketones is 1. The molecule has 1 aromatic heterocycles. The maximum atomic E-state index is 13.1. The number of hydrogen-bond acceptors (Lipinski definition) is 7. The predicted molar refractivity (Wildman–Crippen MR) is 103 cm³/mol. The molecule has 0 fully saturated rings. The third-order valence-corrected chi connectivity index (χ3v) is 8.17. The SMILES string of the molecule is CCCS(=O)(=O)Oc1c(C(=O)C2CCc3ccccc3S2(=O)=O)cnn1CC. The molecule has 0 saturated carbocycles. The van der Waals surface area contributed by atoms with Crippen molar-refractivity contribution in [3.8, 4) is 5.88 Å². The second-order valence-corrected chi connectivity index (χ2v) is 10.4. The number of nitrogens with zero attached hydrogens (tertiary/aromatic N) is 2. The van der Waals surface area contributed by atoms with E-state index in [4.69, 9.17) is 4.18 Å². The van der Waals surface area contributed by atoms with Gasteiger partial charge in [-0.25, -0.2) is 13.1 Å². The molecule has 0 saturated heterocycles. The summed E-state index contributed by atoms with van der Waals surface area (Å²) in [6.45, 7) is 3.68. The van der Waals surface area contributed by atoms with E-state index in [0.29, 0.717) is 18.4 Å². The van der Waals surface area contributed by atoms with Crippen LogP contribution in [-0.2, 0) is 32.9 Å². The number of rotatable bonds is 7. The van der Waals surface area contributed by atoms with Gasteiger partial charge in [0.2, 0.25) is 5.88 Å². The van der Waals surface area contributed by atoms with Crippen molar-refractivity contribution in [1.82, 2.24) is 9.78 Å². The van der Waals surface area contributed by atoms with Gasteiger partial charge in [0.05, 0.1) is 16.8 Å². The van der Waals surface area contributed by atoms with Crippen molar-refractivity contribution in [3.63, 3.8) is 0 Å². The summed E-state index contributed by atoms with van der Waals surface area (Å²) in [4.78, 5) is 13.3. The first kappa shape index (κ1) is 20.5. The van der Waals surface area contributed by atoms with Gasteiger partial charge in [-0.2, -0.15) is 13.5 Å². The summed E-state index contributed by atoms with van der Waals surface area (Å²) in [5.41, 5.74) is 0.548. The number of Topliss-reactive ketones (excluding diaryl/α,β-unsaturated/α-hetero) is 1. The average Bonchev–Trinajstić information content (AvgIpc) is 3.03. The van der Waals surface area contributed by atoms with Crippen LogP contribution >= 0.6 is 0 Å². The van der Waals surface area contributed by atoms with Gasteiger partial charge in [0.25, 0.3) is 0 Å². The zero-order chi connectivity index (χ0) is 20.5. The van der Waals surface area contributed by atoms with E-state index in [-0.39, 0.29) is 35.1 Å². The Kier molecular flexibility index (Phi) is 5.62. The van der Waals surface area contributed by atoms with Gasteiger partial charge in [-0.05, 0) is 37.8 Å². The number of carbonyl (C=O) groups excluding carboxylic acids is 1. The molecule has 28 heavy (non-hydrogen) atoms. The Hall–Kier alpha value is -2.20. The average molecular weight is 427 g/mol. The van der Waals surface area contributed by atoms with Crippen LogP contribution in [0.3, 0.4) is 0 Å². The van der Waals surface area contributed by atoms with E-state index in [1.165, 1.54) is 16.9 Å². The Labute approximate surface area is 164 Å². The van der Waals surface area contributed by atoms with Gasteiger partial charge in [-0.1, -0.05) is 25.1 Å². The standard InChI is InChI=1S/C18H22N2O6S2/c1-3-11-27(22,23)26-18-14(12-19-20(18)4-2)17(21)16-10-9-13-7-5-6-8-15(13)28(16,24)25/h5-8,12,16H,3-4,9-11H2,1-2H3. The maximum absolute atomic E-state index is 13.1. The molecule has 0 aliphatic carbocycles. The molecule has 1 atom stereocenters. The number of aryl methyl sites for hydroxylation is 2. The zero-order valence-corrected chi connectivity index (χ0v) is 17.3. The molecule has 0 spiro atoms. The highest BCUT2D eigenvalue weighted by Gasteiger charge is 2.41. The summed E-state index contributed by atoms with van der Waals surface area (Å²) in [7, 11) is -7.80. The van der Waals surface area contributed by atoms with Crippen LogP contribution in [-0.4, -0.2) is 43.4 Å². The highest BCUT2D eigenvalue weighted by molar-refractivity contribution is 7.93. The largest absolute Gasteiger partial charge is 0.361 e. The molecule has 1 aromatic carbocycles. The summed E-state index contributed by atoms with van der Waals surface area (Å²) in [5.74, 6) is -1.14. The number of fused-ring (bicyclic) bond motifs is 1. The lowest BCUT2D eigenvalue weighted by molar-refractivity contribution is 0.0981. The Morgan fingerprint density at radius 1 is 1.29 bits per heavy atom. The van der Waals surface area contributed by atoms with Gasteiger partial charge in [-0.3, -0.25) is 4.79 Å². The fourth-order valence-corrected chi connectivity index (χ4v) is 6.24. The fraction of sp³-hybridized carbons (Fsp3) is 0.444. The van der Waals surface area contributed by atoms with Gasteiger partial charge in [-0.15, -0.1) is 0 Å². The molecule has 1 unspecified atom stereocenters. The summed E-state index contributed by atoms with van der Waals surface area (Å²) in [6.07, 6.45) is 2.09. The smallest absolute Gasteiger partial charge is 0.310 e. The number of hydrogen-bond donors (Lipinski definition) is 0. The van der Waals surface area contributed by atoms with Crippen LogP contribution in [0.15, 0.2) is 35.4 Å². The number of sulfone groups is 1. The van der Waals surface area contributed by atoms with E-state index in [2.05, 4.69) is 5.10 Å². The number of carbonyl (C=O) groups is 1. The molecule has 0 bridgehead atoms. The first-order valence-electron chi connectivity index (χ1n) is 9.05. The highest BCUT2D eigenvalue weighted by Crippen LogP contribution is 2.33. The summed E-state index contributed by atoms with van der Waals surface area (Å²) < 4.78 is 56.6. The first-order chi connectivity index (χ1) is 13.2. The number of benzene rings is 1. The first-order valence-corrected chi connectivity index (χ1v) is 12.2. The predicted octanol–water partition coefficient (Wildman–Crippen LogP) is 1.99. The molecular formula is C18H22N2O6S2. The van der Waals surface area contributed by atoms with E-state index >= 15 is 0 Å². The van der Waals surface area contributed by atoms with E-state index in [1.807, 2.05) is 0 Å². The van der Waals surface area contributed by atoms with Crippen LogP contribution in [0.1, 0.15) is 42.6 Å². The van der Waals surface area contributed by atoms with Crippen molar-refractivity contribution in [2.45, 2.75) is 49.8 Å². The maximum Gasteiger partial charge on any atom is 0.310 e. The van der Waals surface area contributed by atoms with Crippen molar-refractivity contribution >= 4 is 25.7 Å². The lowest BCUT2D eigenvalue weighted by atomic mass is 10.0. The van der Waals surface area contributed by atoms with Crippen molar-refractivity contribution < 1.29 is 25.8 Å². The minimum Gasteiger partial charge on any atom is -0.361 e. The fourth-order valence-electron chi connectivity index (χ4n) is 3.30.